The van der Waals surface area contributed by atoms with Crippen LogP contribution < -0.4 is 5.32 Å². The Kier molecular flexibility index (Phi) is 3.23. The summed E-state index contributed by atoms with van der Waals surface area (Å²) in [4.78, 5) is 12.1. The van der Waals surface area contributed by atoms with E-state index < -0.39 is 5.54 Å². The highest BCUT2D eigenvalue weighted by Gasteiger charge is 2.37. The van der Waals surface area contributed by atoms with Crippen LogP contribution in [-0.2, 0) is 0 Å². The van der Waals surface area contributed by atoms with E-state index in [1.165, 1.54) is 6.39 Å². The van der Waals surface area contributed by atoms with E-state index in [0.717, 1.165) is 24.8 Å². The summed E-state index contributed by atoms with van der Waals surface area (Å²) in [6, 6.07) is 6.93. The van der Waals surface area contributed by atoms with Gasteiger partial charge in [-0.2, -0.15) is 0 Å². The average Bonchev–Trinajstić information content (AvgIpc) is 2.97. The molecule has 1 saturated carbocycles. The van der Waals surface area contributed by atoms with Crippen LogP contribution >= 0.6 is 0 Å². The number of nitrogens with one attached hydrogen (secondary N) is 1. The second-order valence-corrected chi connectivity index (χ2v) is 5.07. The molecule has 3 rings (SSSR count). The number of carbonyl (C=O) groups is 1. The monoisotopic (exact) mass is 273 g/mol. The van der Waals surface area contributed by atoms with Crippen LogP contribution in [0.2, 0.25) is 0 Å². The zero-order valence-electron chi connectivity index (χ0n) is 10.9. The summed E-state index contributed by atoms with van der Waals surface area (Å²) < 4.78 is 5.09. The fourth-order valence-electron chi connectivity index (χ4n) is 2.30. The van der Waals surface area contributed by atoms with Crippen molar-refractivity contribution in [3.8, 4) is 11.5 Å². The smallest absolute Gasteiger partial charge is 0.251 e. The van der Waals surface area contributed by atoms with Gasteiger partial charge in [-0.25, -0.2) is 0 Å². The molecule has 2 N–H and O–H groups in total. The Bertz CT molecular complexity index is 583. The molecule has 1 heterocycles. The number of aliphatic hydroxyl groups excluding tert-OH is 1. The Labute approximate surface area is 115 Å². The molecule has 1 fully saturated rings. The predicted molar refractivity (Wildman–Crippen MR) is 70.9 cm³/mol. The van der Waals surface area contributed by atoms with Crippen LogP contribution in [0.15, 0.2) is 35.1 Å². The van der Waals surface area contributed by atoms with Gasteiger partial charge in [0.15, 0.2) is 0 Å². The van der Waals surface area contributed by atoms with Gasteiger partial charge in [0, 0.05) is 11.1 Å². The minimum Gasteiger partial charge on any atom is -0.423 e. The van der Waals surface area contributed by atoms with Crippen molar-refractivity contribution in [2.45, 2.75) is 24.8 Å². The molecule has 6 heteroatoms. The number of nitrogens with zero attached hydrogens (tertiary/aromatic N) is 2. The highest BCUT2D eigenvalue weighted by Crippen LogP contribution is 2.31. The number of benzene rings is 1. The lowest BCUT2D eigenvalue weighted by atomic mass is 9.77. The Morgan fingerprint density at radius 2 is 2.10 bits per heavy atom. The van der Waals surface area contributed by atoms with E-state index in [0.29, 0.717) is 11.5 Å². The summed E-state index contributed by atoms with van der Waals surface area (Å²) in [6.07, 6.45) is 3.96. The molecular formula is C14H15N3O3. The summed E-state index contributed by atoms with van der Waals surface area (Å²) in [5.74, 6) is 0.249. The van der Waals surface area contributed by atoms with Crippen LogP contribution in [0, 0.1) is 0 Å². The molecule has 0 radical (unpaired) electrons. The lowest BCUT2D eigenvalue weighted by Gasteiger charge is -2.40. The standard InChI is InChI=1S/C14H15N3O3/c18-8-14(6-1-7-14)16-12(19)10-2-4-11(5-3-10)13-17-15-9-20-13/h2-5,9,18H,1,6-8H2,(H,16,19). The van der Waals surface area contributed by atoms with Crippen LogP contribution in [-0.4, -0.2) is 33.4 Å². The van der Waals surface area contributed by atoms with E-state index in [4.69, 9.17) is 4.42 Å². The van der Waals surface area contributed by atoms with Crippen LogP contribution in [0.1, 0.15) is 29.6 Å². The average molecular weight is 273 g/mol. The van der Waals surface area contributed by atoms with E-state index in [1.54, 1.807) is 24.3 Å². The fourth-order valence-corrected chi connectivity index (χ4v) is 2.30. The molecule has 6 nitrogen and oxygen atoms in total. The highest BCUT2D eigenvalue weighted by atomic mass is 16.4. The molecule has 0 aliphatic heterocycles. The van der Waals surface area contributed by atoms with Crippen molar-refractivity contribution in [1.82, 2.24) is 15.5 Å². The number of hydrogen-bond donors (Lipinski definition) is 2. The largest absolute Gasteiger partial charge is 0.423 e. The predicted octanol–water partition coefficient (Wildman–Crippen LogP) is 1.38. The zero-order valence-corrected chi connectivity index (χ0v) is 10.9. The van der Waals surface area contributed by atoms with Gasteiger partial charge in [-0.15, -0.1) is 10.2 Å². The van der Waals surface area contributed by atoms with E-state index in [9.17, 15) is 9.90 Å². The third kappa shape index (κ3) is 2.30. The van der Waals surface area contributed by atoms with E-state index in [-0.39, 0.29) is 12.5 Å². The van der Waals surface area contributed by atoms with E-state index in [2.05, 4.69) is 15.5 Å². The SMILES string of the molecule is O=C(NC1(CO)CCC1)c1ccc(-c2nnco2)cc1. The maximum Gasteiger partial charge on any atom is 0.251 e. The van der Waals surface area contributed by atoms with Gasteiger partial charge in [-0.1, -0.05) is 0 Å². The first-order valence-corrected chi connectivity index (χ1v) is 6.52. The maximum absolute atomic E-state index is 12.1. The number of aliphatic hydroxyl groups is 1. The molecule has 0 atom stereocenters. The minimum atomic E-state index is -0.428. The summed E-state index contributed by atoms with van der Waals surface area (Å²) in [5.41, 5.74) is 0.884. The van der Waals surface area contributed by atoms with Crippen molar-refractivity contribution in [2.75, 3.05) is 6.61 Å². The van der Waals surface area contributed by atoms with E-state index >= 15 is 0 Å². The molecule has 0 unspecified atom stereocenters. The van der Waals surface area contributed by atoms with Gasteiger partial charge in [0.1, 0.15) is 0 Å². The highest BCUT2D eigenvalue weighted by molar-refractivity contribution is 5.95. The van der Waals surface area contributed by atoms with Gasteiger partial charge < -0.3 is 14.8 Å². The van der Waals surface area contributed by atoms with Crippen molar-refractivity contribution in [3.05, 3.63) is 36.2 Å². The van der Waals surface area contributed by atoms with Gasteiger partial charge >= 0.3 is 0 Å². The minimum absolute atomic E-state index is 0.0151. The molecule has 104 valence electrons. The van der Waals surface area contributed by atoms with Gasteiger partial charge in [0.25, 0.3) is 5.91 Å². The van der Waals surface area contributed by atoms with Crippen molar-refractivity contribution >= 4 is 5.91 Å². The third-order valence-electron chi connectivity index (χ3n) is 3.75. The number of amides is 1. The summed E-state index contributed by atoms with van der Waals surface area (Å²) in [7, 11) is 0. The molecule has 20 heavy (non-hydrogen) atoms. The number of hydrogen-bond acceptors (Lipinski definition) is 5. The van der Waals surface area contributed by atoms with Crippen LogP contribution in [0.5, 0.6) is 0 Å². The molecule has 0 bridgehead atoms. The van der Waals surface area contributed by atoms with Crippen molar-refractivity contribution in [3.63, 3.8) is 0 Å². The van der Waals surface area contributed by atoms with Crippen LogP contribution in [0.3, 0.4) is 0 Å². The second-order valence-electron chi connectivity index (χ2n) is 5.07. The summed E-state index contributed by atoms with van der Waals surface area (Å²) in [6.45, 7) is -0.0151. The first kappa shape index (κ1) is 12.8. The molecule has 1 aliphatic rings. The second kappa shape index (κ2) is 5.05. The van der Waals surface area contributed by atoms with Gasteiger partial charge in [-0.05, 0) is 43.5 Å². The molecule has 1 amide bonds. The Hall–Kier alpha value is -2.21. The number of aromatic nitrogens is 2. The third-order valence-corrected chi connectivity index (χ3v) is 3.75. The normalized spacial score (nSPS) is 16.4. The quantitative estimate of drug-likeness (QED) is 0.878. The Morgan fingerprint density at radius 3 is 2.60 bits per heavy atom. The van der Waals surface area contributed by atoms with Crippen molar-refractivity contribution in [1.29, 1.82) is 0 Å². The van der Waals surface area contributed by atoms with Crippen molar-refractivity contribution < 1.29 is 14.3 Å². The molecule has 2 aromatic rings. The number of carbonyl (C=O) groups excluding carboxylic acids is 1. The van der Waals surface area contributed by atoms with E-state index in [1.807, 2.05) is 0 Å². The van der Waals surface area contributed by atoms with Gasteiger partial charge in [0.2, 0.25) is 12.3 Å². The lowest BCUT2D eigenvalue weighted by Crippen LogP contribution is -2.56. The first-order valence-electron chi connectivity index (χ1n) is 6.52. The maximum atomic E-state index is 12.1. The van der Waals surface area contributed by atoms with Crippen LogP contribution in [0.25, 0.3) is 11.5 Å². The zero-order chi connectivity index (χ0) is 14.0. The Balaban J connectivity index is 1.73. The topological polar surface area (TPSA) is 88.2 Å². The lowest BCUT2D eigenvalue weighted by molar-refractivity contribution is 0.0641. The molecule has 1 aliphatic carbocycles. The summed E-state index contributed by atoms with van der Waals surface area (Å²) in [5, 5.41) is 19.7. The molecule has 1 aromatic carbocycles. The van der Waals surface area contributed by atoms with Gasteiger partial charge in [-0.3, -0.25) is 4.79 Å². The molecular weight excluding hydrogens is 258 g/mol. The van der Waals surface area contributed by atoms with Crippen molar-refractivity contribution in [2.24, 2.45) is 0 Å². The first-order chi connectivity index (χ1) is 9.72. The Morgan fingerprint density at radius 1 is 1.35 bits per heavy atom. The molecule has 1 aromatic heterocycles. The summed E-state index contributed by atoms with van der Waals surface area (Å²) >= 11 is 0. The molecule has 0 spiro atoms. The van der Waals surface area contributed by atoms with Crippen LogP contribution in [0.4, 0.5) is 0 Å². The molecule has 0 saturated heterocycles. The number of rotatable bonds is 4. The van der Waals surface area contributed by atoms with Gasteiger partial charge in [0.05, 0.1) is 12.1 Å². The fraction of sp³-hybridized carbons (Fsp3) is 0.357.